The Morgan fingerprint density at radius 2 is 1.76 bits per heavy atom. The highest BCUT2D eigenvalue weighted by atomic mass is 32.2. The molecule has 4 heterocycles. The summed E-state index contributed by atoms with van der Waals surface area (Å²) in [4.78, 5) is 26.5. The Labute approximate surface area is 286 Å². The van der Waals surface area contributed by atoms with Crippen molar-refractivity contribution in [2.45, 2.75) is 35.9 Å². The molecule has 1 amide bonds. The van der Waals surface area contributed by atoms with E-state index >= 15 is 4.79 Å². The minimum Gasteiger partial charge on any atom is -0.497 e. The molecule has 3 aromatic carbocycles. The van der Waals surface area contributed by atoms with Crippen LogP contribution in [0.5, 0.6) is 11.5 Å². The molecule has 4 aromatic rings. The van der Waals surface area contributed by atoms with Gasteiger partial charge >= 0.3 is 0 Å². The molecule has 12 nitrogen and oxygen atoms in total. The number of likely N-dealkylation sites (N-methyl/N-ethyl adjacent to an activating group) is 1. The number of piperazine rings is 1. The number of oxazole rings is 1. The third-order valence-electron chi connectivity index (χ3n) is 9.90. The number of carbonyl (C=O) groups is 1. The van der Waals surface area contributed by atoms with Crippen molar-refractivity contribution in [3.63, 3.8) is 0 Å². The molecule has 0 bridgehead atoms. The lowest BCUT2D eigenvalue weighted by Crippen LogP contribution is -2.54. The van der Waals surface area contributed by atoms with E-state index in [-0.39, 0.29) is 16.1 Å². The van der Waals surface area contributed by atoms with Gasteiger partial charge in [-0.1, -0.05) is 12.1 Å². The average Bonchev–Trinajstić information content (AvgIpc) is 3.88. The smallest absolute Gasteiger partial charge is 0.271 e. The highest BCUT2D eigenvalue weighted by Gasteiger charge is 2.62. The summed E-state index contributed by atoms with van der Waals surface area (Å²) in [5, 5.41) is 10.1. The Morgan fingerprint density at radius 3 is 2.43 bits per heavy atom. The molecule has 2 atom stereocenters. The van der Waals surface area contributed by atoms with E-state index in [9.17, 15) is 13.7 Å². The van der Waals surface area contributed by atoms with Gasteiger partial charge in [-0.25, -0.2) is 17.7 Å². The fourth-order valence-electron chi connectivity index (χ4n) is 7.45. The number of methoxy groups -OCH3 is 2. The first-order valence-corrected chi connectivity index (χ1v) is 17.7. The molecule has 1 aromatic heterocycles. The van der Waals surface area contributed by atoms with Crippen LogP contribution in [0.2, 0.25) is 0 Å². The van der Waals surface area contributed by atoms with Crippen LogP contribution < -0.4 is 13.8 Å². The third kappa shape index (κ3) is 5.45. The van der Waals surface area contributed by atoms with E-state index in [0.717, 1.165) is 36.0 Å². The van der Waals surface area contributed by atoms with Crippen molar-refractivity contribution in [2.75, 3.05) is 58.3 Å². The lowest BCUT2D eigenvalue weighted by atomic mass is 9.80. The first-order chi connectivity index (χ1) is 23.7. The van der Waals surface area contributed by atoms with Gasteiger partial charge < -0.3 is 18.8 Å². The van der Waals surface area contributed by atoms with Gasteiger partial charge in [0, 0.05) is 50.4 Å². The molecule has 7 rings (SSSR count). The molecule has 0 N–H and O–H groups in total. The number of hydrogen-bond acceptors (Lipinski definition) is 11. The normalized spacial score (nSPS) is 21.9. The molecule has 13 heteroatoms. The molecule has 0 spiro atoms. The zero-order chi connectivity index (χ0) is 34.3. The summed E-state index contributed by atoms with van der Waals surface area (Å²) in [5.41, 5.74) is 0.597. The Morgan fingerprint density at radius 1 is 0.980 bits per heavy atom. The van der Waals surface area contributed by atoms with Gasteiger partial charge in [-0.15, -0.1) is 0 Å². The number of carbonyl (C=O) groups excluding carboxylic acids is 1. The molecule has 0 saturated carbocycles. The number of amides is 1. The molecular weight excluding hydrogens is 644 g/mol. The summed E-state index contributed by atoms with van der Waals surface area (Å²) < 4.78 is 47.2. The van der Waals surface area contributed by atoms with Gasteiger partial charge in [0.1, 0.15) is 17.8 Å². The van der Waals surface area contributed by atoms with Crippen LogP contribution in [-0.4, -0.2) is 88.0 Å². The lowest BCUT2D eigenvalue weighted by molar-refractivity contribution is -0.127. The highest BCUT2D eigenvalue weighted by Crippen LogP contribution is 2.56. The second-order valence-corrected chi connectivity index (χ2v) is 14.4. The number of rotatable bonds is 9. The monoisotopic (exact) mass is 682 g/mol. The number of aromatic nitrogens is 1. The quantitative estimate of drug-likeness (QED) is 0.253. The zero-order valence-corrected chi connectivity index (χ0v) is 28.5. The number of nitrogens with zero attached hydrogens (tertiary/aromatic N) is 6. The number of nitriles is 1. The van der Waals surface area contributed by atoms with Crippen molar-refractivity contribution < 1.29 is 27.1 Å². The number of likely N-dealkylation sites (tertiary alicyclic amines) is 1. The predicted molar refractivity (Wildman–Crippen MR) is 181 cm³/mol. The van der Waals surface area contributed by atoms with Crippen LogP contribution in [0.4, 0.5) is 5.69 Å². The Bertz CT molecular complexity index is 2000. The van der Waals surface area contributed by atoms with Crippen molar-refractivity contribution in [3.8, 4) is 17.6 Å². The maximum absolute atomic E-state index is 15.5. The zero-order valence-electron chi connectivity index (χ0n) is 27.7. The maximum Gasteiger partial charge on any atom is 0.271 e. The van der Waals surface area contributed by atoms with Gasteiger partial charge in [0.25, 0.3) is 15.9 Å². The number of hydrogen-bond donors (Lipinski definition) is 0. The second-order valence-electron chi connectivity index (χ2n) is 12.6. The van der Waals surface area contributed by atoms with Gasteiger partial charge in [0.05, 0.1) is 48.7 Å². The van der Waals surface area contributed by atoms with Gasteiger partial charge in [0.2, 0.25) is 5.89 Å². The standard InChI is InChI=1S/C36H38N6O6S/c1-39-16-18-40(19-17-39)24-26-6-12-29(33(22-26)47-3)36(41-15-4-5-32(41)34-38-14-20-48-34)30-21-25(23-37)7-13-31(30)42(35(36)43)49(44,45)28-10-8-27(46-2)9-11-28/h6-14,20-22,32H,4-5,15-19,24H2,1-3H3. The van der Waals surface area contributed by atoms with E-state index < -0.39 is 27.5 Å². The van der Waals surface area contributed by atoms with E-state index in [1.807, 2.05) is 23.1 Å². The van der Waals surface area contributed by atoms with E-state index in [2.05, 4.69) is 27.9 Å². The van der Waals surface area contributed by atoms with E-state index in [4.69, 9.17) is 13.9 Å². The van der Waals surface area contributed by atoms with Gasteiger partial charge in [0.15, 0.2) is 5.54 Å². The Balaban J connectivity index is 1.45. The van der Waals surface area contributed by atoms with Crippen LogP contribution in [0.15, 0.2) is 82.4 Å². The van der Waals surface area contributed by atoms with Crippen molar-refractivity contribution in [3.05, 3.63) is 101 Å². The van der Waals surface area contributed by atoms with Crippen molar-refractivity contribution >= 4 is 21.6 Å². The topological polar surface area (TPSA) is 132 Å². The number of benzene rings is 3. The van der Waals surface area contributed by atoms with Crippen LogP contribution >= 0.6 is 0 Å². The molecule has 0 radical (unpaired) electrons. The van der Waals surface area contributed by atoms with Crippen LogP contribution in [0, 0.1) is 11.3 Å². The van der Waals surface area contributed by atoms with Crippen LogP contribution in [-0.2, 0) is 26.9 Å². The molecule has 3 aliphatic rings. The number of sulfonamides is 1. The lowest BCUT2D eigenvalue weighted by Gasteiger charge is -2.41. The third-order valence-corrected chi connectivity index (χ3v) is 11.6. The Hall–Kier alpha value is -4.74. The van der Waals surface area contributed by atoms with E-state index in [0.29, 0.717) is 54.4 Å². The predicted octanol–water partition coefficient (Wildman–Crippen LogP) is 4.13. The van der Waals surface area contributed by atoms with E-state index in [1.54, 1.807) is 37.6 Å². The second kappa shape index (κ2) is 12.9. The fraction of sp³-hybridized carbons (Fsp3) is 0.361. The average molecular weight is 683 g/mol. The first kappa shape index (κ1) is 32.8. The molecular formula is C36H38N6O6S. The summed E-state index contributed by atoms with van der Waals surface area (Å²) in [6.07, 6.45) is 4.37. The van der Waals surface area contributed by atoms with Gasteiger partial charge in [-0.2, -0.15) is 5.26 Å². The summed E-state index contributed by atoms with van der Waals surface area (Å²) in [6, 6.07) is 18.1. The fourth-order valence-corrected chi connectivity index (χ4v) is 8.91. The minimum atomic E-state index is -4.45. The van der Waals surface area contributed by atoms with Gasteiger partial charge in [-0.3, -0.25) is 14.6 Å². The van der Waals surface area contributed by atoms with Crippen molar-refractivity contribution in [1.82, 2.24) is 19.7 Å². The summed E-state index contributed by atoms with van der Waals surface area (Å²) in [5.74, 6) is 0.643. The van der Waals surface area contributed by atoms with Crippen LogP contribution in [0.25, 0.3) is 0 Å². The van der Waals surface area contributed by atoms with Gasteiger partial charge in [-0.05, 0) is 74.0 Å². The SMILES string of the molecule is COc1ccc(S(=O)(=O)N2C(=O)C(c3ccc(CN4CCN(C)CC4)cc3OC)(N3CCCC3c3ncco3)c3cc(C#N)ccc32)cc1. The number of ether oxygens (including phenoxy) is 2. The minimum absolute atomic E-state index is 0.0760. The van der Waals surface area contributed by atoms with Crippen LogP contribution in [0.1, 0.15) is 47.0 Å². The molecule has 254 valence electrons. The van der Waals surface area contributed by atoms with Crippen LogP contribution in [0.3, 0.4) is 0 Å². The largest absolute Gasteiger partial charge is 0.497 e. The molecule has 3 aliphatic heterocycles. The Kier molecular flexibility index (Phi) is 8.66. The molecule has 0 aliphatic carbocycles. The summed E-state index contributed by atoms with van der Waals surface area (Å²) in [7, 11) is 0.717. The summed E-state index contributed by atoms with van der Waals surface area (Å²) >= 11 is 0. The highest BCUT2D eigenvalue weighted by molar-refractivity contribution is 7.93. The molecule has 2 fully saturated rings. The summed E-state index contributed by atoms with van der Waals surface area (Å²) in [6.45, 7) is 4.92. The number of fused-ring (bicyclic) bond motifs is 1. The maximum atomic E-state index is 15.5. The molecule has 2 unspecified atom stereocenters. The van der Waals surface area contributed by atoms with E-state index in [1.165, 1.54) is 31.6 Å². The molecule has 49 heavy (non-hydrogen) atoms. The van der Waals surface area contributed by atoms with Crippen molar-refractivity contribution in [1.29, 1.82) is 5.26 Å². The van der Waals surface area contributed by atoms with Crippen molar-refractivity contribution in [2.24, 2.45) is 0 Å². The first-order valence-electron chi connectivity index (χ1n) is 16.2. The number of anilines is 1. The molecule has 2 saturated heterocycles.